The highest BCUT2D eigenvalue weighted by atomic mass is 32.2. The Morgan fingerprint density at radius 2 is 2.41 bits per heavy atom. The summed E-state index contributed by atoms with van der Waals surface area (Å²) < 4.78 is 5.99. The summed E-state index contributed by atoms with van der Waals surface area (Å²) >= 11 is 1.58. The van der Waals surface area contributed by atoms with Gasteiger partial charge in [0.1, 0.15) is 5.44 Å². The zero-order chi connectivity index (χ0) is 11.8. The van der Waals surface area contributed by atoms with Crippen LogP contribution in [0.1, 0.15) is 19.3 Å². The molecule has 96 valence electrons. The highest BCUT2D eigenvalue weighted by Gasteiger charge is 2.43. The molecule has 1 saturated carbocycles. The molecule has 0 spiro atoms. The van der Waals surface area contributed by atoms with E-state index in [0.717, 1.165) is 11.7 Å². The van der Waals surface area contributed by atoms with Gasteiger partial charge in [-0.15, -0.1) is 0 Å². The van der Waals surface area contributed by atoms with E-state index in [4.69, 9.17) is 4.74 Å². The molecule has 0 amide bonds. The Kier molecular flexibility index (Phi) is 3.30. The number of ether oxygens (including phenoxy) is 1. The molecule has 1 aliphatic carbocycles. The summed E-state index contributed by atoms with van der Waals surface area (Å²) in [6.45, 7) is 0.851. The van der Waals surface area contributed by atoms with Crippen molar-refractivity contribution >= 4 is 16.9 Å². The van der Waals surface area contributed by atoms with Crippen LogP contribution in [-0.2, 0) is 4.74 Å². The summed E-state index contributed by atoms with van der Waals surface area (Å²) in [7, 11) is 1.76. The second-order valence-corrected chi connectivity index (χ2v) is 6.02. The van der Waals surface area contributed by atoms with Crippen LogP contribution in [0.4, 0.5) is 0 Å². The van der Waals surface area contributed by atoms with Crippen LogP contribution < -0.4 is 10.6 Å². The first-order valence-electron chi connectivity index (χ1n) is 6.23. The summed E-state index contributed by atoms with van der Waals surface area (Å²) in [5, 5.41) is 17.6. The van der Waals surface area contributed by atoms with Gasteiger partial charge in [0.2, 0.25) is 0 Å². The molecule has 0 aromatic heterocycles. The molecule has 17 heavy (non-hydrogen) atoms. The first-order chi connectivity index (χ1) is 8.26. The topological polar surface area (TPSA) is 65.9 Å². The minimum atomic E-state index is -0.341. The van der Waals surface area contributed by atoms with E-state index < -0.39 is 0 Å². The van der Waals surface area contributed by atoms with Crippen LogP contribution in [-0.4, -0.2) is 53.6 Å². The van der Waals surface area contributed by atoms with Gasteiger partial charge in [-0.1, -0.05) is 11.8 Å². The van der Waals surface area contributed by atoms with Crippen molar-refractivity contribution in [2.45, 2.75) is 49.0 Å². The summed E-state index contributed by atoms with van der Waals surface area (Å²) in [6.07, 6.45) is 3.05. The molecule has 6 heteroatoms. The minimum Gasteiger partial charge on any atom is -0.391 e. The highest BCUT2D eigenvalue weighted by Crippen LogP contribution is 2.33. The van der Waals surface area contributed by atoms with Crippen molar-refractivity contribution in [2.75, 3.05) is 13.6 Å². The number of nitrogens with zero attached hydrogens (tertiary/aromatic N) is 1. The molecule has 0 bridgehead atoms. The molecule has 5 nitrogen and oxygen atoms in total. The predicted molar refractivity (Wildman–Crippen MR) is 68.2 cm³/mol. The first-order valence-corrected chi connectivity index (χ1v) is 7.11. The van der Waals surface area contributed by atoms with Crippen LogP contribution in [0.15, 0.2) is 4.99 Å². The quantitative estimate of drug-likeness (QED) is 0.659. The fourth-order valence-electron chi connectivity index (χ4n) is 2.31. The van der Waals surface area contributed by atoms with Crippen molar-refractivity contribution in [3.8, 4) is 0 Å². The summed E-state index contributed by atoms with van der Waals surface area (Å²) in [5.74, 6) is 0. The largest absolute Gasteiger partial charge is 0.391 e. The van der Waals surface area contributed by atoms with Crippen molar-refractivity contribution in [3.63, 3.8) is 0 Å². The van der Waals surface area contributed by atoms with Crippen molar-refractivity contribution in [1.29, 1.82) is 0 Å². The maximum Gasteiger partial charge on any atom is 0.159 e. The Labute approximate surface area is 105 Å². The minimum absolute atomic E-state index is 0.00320. The molecule has 2 saturated heterocycles. The average molecular weight is 257 g/mol. The Hall–Kier alpha value is -0.300. The molecule has 4 unspecified atom stereocenters. The van der Waals surface area contributed by atoms with Crippen molar-refractivity contribution in [3.05, 3.63) is 0 Å². The van der Waals surface area contributed by atoms with Crippen LogP contribution in [0.3, 0.4) is 0 Å². The Morgan fingerprint density at radius 1 is 1.59 bits per heavy atom. The zero-order valence-electron chi connectivity index (χ0n) is 9.93. The summed E-state index contributed by atoms with van der Waals surface area (Å²) in [5.41, 5.74) is 0.00320. The van der Waals surface area contributed by atoms with E-state index in [9.17, 15) is 5.11 Å². The van der Waals surface area contributed by atoms with Crippen molar-refractivity contribution in [2.24, 2.45) is 4.99 Å². The van der Waals surface area contributed by atoms with Crippen LogP contribution >= 0.6 is 11.8 Å². The predicted octanol–water partition coefficient (Wildman–Crippen LogP) is -0.0949. The third kappa shape index (κ3) is 2.59. The fraction of sp³-hybridized carbons (Fsp3) is 0.909. The summed E-state index contributed by atoms with van der Waals surface area (Å²) in [6, 6.07) is 0.687. The van der Waals surface area contributed by atoms with Gasteiger partial charge in [0, 0.05) is 26.1 Å². The second kappa shape index (κ2) is 4.76. The smallest absolute Gasteiger partial charge is 0.159 e. The molecule has 3 rings (SSSR count). The number of amidine groups is 1. The van der Waals surface area contributed by atoms with Gasteiger partial charge in [-0.05, 0) is 12.8 Å². The number of thioether (sulfide) groups is 1. The molecular weight excluding hydrogens is 238 g/mol. The number of aliphatic hydroxyl groups excluding tert-OH is 1. The van der Waals surface area contributed by atoms with Crippen molar-refractivity contribution in [1.82, 2.24) is 10.6 Å². The molecule has 3 aliphatic rings. The van der Waals surface area contributed by atoms with E-state index >= 15 is 0 Å². The number of hydrogen-bond acceptors (Lipinski definition) is 5. The molecule has 0 aromatic carbocycles. The van der Waals surface area contributed by atoms with Crippen LogP contribution in [0.2, 0.25) is 0 Å². The maximum atomic E-state index is 10.1. The number of aliphatic hydroxyl groups is 1. The highest BCUT2D eigenvalue weighted by molar-refractivity contribution is 8.14. The van der Waals surface area contributed by atoms with Gasteiger partial charge in [-0.25, -0.2) is 0 Å². The number of hydrogen-bond donors (Lipinski definition) is 3. The lowest BCUT2D eigenvalue weighted by Gasteiger charge is -2.35. The monoisotopic (exact) mass is 257 g/mol. The normalized spacial score (nSPS) is 43.5. The standard InChI is InChI=1S/C11H19N3O2S/c1-12-11-14-9-8(15)4-7(16-10(9)17-11)5-13-6-2-3-6/h6-10,13,15H,2-5H2,1H3,(H,12,14). The first kappa shape index (κ1) is 11.8. The number of rotatable bonds is 3. The third-order valence-corrected chi connectivity index (χ3v) is 4.63. The van der Waals surface area contributed by atoms with Gasteiger partial charge in [0.15, 0.2) is 5.17 Å². The van der Waals surface area contributed by atoms with Gasteiger partial charge < -0.3 is 20.5 Å². The fourth-order valence-corrected chi connectivity index (χ4v) is 3.45. The van der Waals surface area contributed by atoms with E-state index in [2.05, 4.69) is 15.6 Å². The SMILES string of the molecule is CN=C1NC2C(O)CC(CNC3CC3)OC2S1. The van der Waals surface area contributed by atoms with E-state index in [-0.39, 0.29) is 23.7 Å². The molecule has 3 fully saturated rings. The Morgan fingerprint density at radius 3 is 3.12 bits per heavy atom. The molecular formula is C11H19N3O2S. The van der Waals surface area contributed by atoms with Gasteiger partial charge in [0.25, 0.3) is 0 Å². The molecule has 2 heterocycles. The van der Waals surface area contributed by atoms with Crippen LogP contribution in [0.25, 0.3) is 0 Å². The van der Waals surface area contributed by atoms with Gasteiger partial charge in [-0.2, -0.15) is 0 Å². The summed E-state index contributed by atoms with van der Waals surface area (Å²) in [4.78, 5) is 4.12. The lowest BCUT2D eigenvalue weighted by atomic mass is 10.0. The molecule has 0 aromatic rings. The number of fused-ring (bicyclic) bond motifs is 1. The lowest BCUT2D eigenvalue weighted by Crippen LogP contribution is -2.52. The van der Waals surface area contributed by atoms with Crippen LogP contribution in [0.5, 0.6) is 0 Å². The molecule has 0 radical (unpaired) electrons. The molecule has 3 N–H and O–H groups in total. The average Bonchev–Trinajstić information content (AvgIpc) is 3.05. The molecule has 4 atom stereocenters. The van der Waals surface area contributed by atoms with E-state index in [1.807, 2.05) is 0 Å². The molecule has 2 aliphatic heterocycles. The Bertz CT molecular complexity index is 322. The van der Waals surface area contributed by atoms with E-state index in [0.29, 0.717) is 12.5 Å². The lowest BCUT2D eigenvalue weighted by molar-refractivity contribution is -0.0727. The van der Waals surface area contributed by atoms with Gasteiger partial charge in [-0.3, -0.25) is 4.99 Å². The van der Waals surface area contributed by atoms with E-state index in [1.54, 1.807) is 18.8 Å². The second-order valence-electron chi connectivity index (χ2n) is 4.93. The number of nitrogens with one attached hydrogen (secondary N) is 2. The van der Waals surface area contributed by atoms with Gasteiger partial charge in [0.05, 0.1) is 18.2 Å². The maximum absolute atomic E-state index is 10.1. The van der Waals surface area contributed by atoms with Gasteiger partial charge >= 0.3 is 0 Å². The Balaban J connectivity index is 1.56. The third-order valence-electron chi connectivity index (χ3n) is 3.47. The number of aliphatic imine (C=N–C) groups is 1. The zero-order valence-corrected chi connectivity index (χ0v) is 10.7. The van der Waals surface area contributed by atoms with Crippen LogP contribution in [0, 0.1) is 0 Å². The van der Waals surface area contributed by atoms with E-state index in [1.165, 1.54) is 12.8 Å². The van der Waals surface area contributed by atoms with Crippen molar-refractivity contribution < 1.29 is 9.84 Å².